The summed E-state index contributed by atoms with van der Waals surface area (Å²) in [4.78, 5) is 17.4. The molecule has 0 unspecified atom stereocenters. The fourth-order valence-corrected chi connectivity index (χ4v) is 4.25. The zero-order valence-corrected chi connectivity index (χ0v) is 15.0. The van der Waals surface area contributed by atoms with Gasteiger partial charge in [-0.25, -0.2) is 9.78 Å². The van der Waals surface area contributed by atoms with Crippen molar-refractivity contribution >= 4 is 50.7 Å². The van der Waals surface area contributed by atoms with E-state index in [1.54, 1.807) is 23.7 Å². The molecule has 18 heavy (non-hydrogen) atoms. The largest absolute Gasteiger partial charge is 0.389 e. The predicted molar refractivity (Wildman–Crippen MR) is 86.1 cm³/mol. The highest BCUT2D eigenvalue weighted by molar-refractivity contribution is 9.23. The van der Waals surface area contributed by atoms with Gasteiger partial charge in [-0.1, -0.05) is 35.8 Å². The van der Waals surface area contributed by atoms with Crippen LogP contribution in [0.1, 0.15) is 33.6 Å². The molecule has 0 spiro atoms. The number of hydrogen-bond donors (Lipinski definition) is 2. The van der Waals surface area contributed by atoms with Gasteiger partial charge in [-0.3, -0.25) is 0 Å². The Morgan fingerprint density at radius 3 is 2.06 bits per heavy atom. The molecular weight excluding hydrogens is 335 g/mol. The van der Waals surface area contributed by atoms with Crippen LogP contribution >= 0.6 is 50.7 Å². The summed E-state index contributed by atoms with van der Waals surface area (Å²) >= 11 is 3.98. The van der Waals surface area contributed by atoms with Gasteiger partial charge in [-0.15, -0.1) is 0 Å². The van der Waals surface area contributed by atoms with Crippen LogP contribution in [0, 0.1) is 0 Å². The molecule has 0 aromatic rings. The smallest absolute Gasteiger partial charge is 0.325 e. The van der Waals surface area contributed by atoms with Crippen LogP contribution < -0.4 is 0 Å². The summed E-state index contributed by atoms with van der Waals surface area (Å²) in [5.74, 6) is 1.26. The van der Waals surface area contributed by atoms with Gasteiger partial charge in [0, 0.05) is 5.75 Å². The molecule has 0 aromatic heterocycles. The third-order valence-corrected chi connectivity index (χ3v) is 6.23. The highest BCUT2D eigenvalue weighted by Gasteiger charge is 2.07. The normalized spacial score (nSPS) is 10.3. The zero-order valence-electron chi connectivity index (χ0n) is 10.7. The summed E-state index contributed by atoms with van der Waals surface area (Å²) in [6, 6.07) is 0. The van der Waals surface area contributed by atoms with Crippen molar-refractivity contribution in [2.45, 2.75) is 33.6 Å². The van der Waals surface area contributed by atoms with Crippen molar-refractivity contribution in [1.82, 2.24) is 0 Å². The van der Waals surface area contributed by atoms with E-state index in [1.165, 1.54) is 28.4 Å². The lowest BCUT2D eigenvalue weighted by Gasteiger charge is -2.05. The maximum Gasteiger partial charge on any atom is 0.389 e. The molecule has 1 N–H and O–H groups in total. The minimum Gasteiger partial charge on any atom is -0.325 e. The average Bonchev–Trinajstić information content (AvgIpc) is 2.40. The van der Waals surface area contributed by atoms with E-state index in [0.29, 0.717) is 13.2 Å². The van der Waals surface area contributed by atoms with E-state index in [1.807, 2.05) is 10.8 Å². The number of unbranched alkanes of at least 4 members (excludes halogenated alkanes) is 1. The molecule has 0 amide bonds. The van der Waals surface area contributed by atoms with Gasteiger partial charge in [0.25, 0.3) is 0 Å². The highest BCUT2D eigenvalue weighted by Crippen LogP contribution is 2.37. The van der Waals surface area contributed by atoms with Crippen LogP contribution in [0.3, 0.4) is 0 Å². The lowest BCUT2D eigenvalue weighted by atomic mass is 10.4. The van der Waals surface area contributed by atoms with Crippen LogP contribution in [0.4, 0.5) is 0 Å². The summed E-state index contributed by atoms with van der Waals surface area (Å²) in [6.07, 6.45) is 2.62. The minimum absolute atomic E-state index is 0.356. The molecule has 0 radical (unpaired) electrons. The second-order valence-corrected chi connectivity index (χ2v) is 8.35. The topological polar surface area (TPSA) is 57.2 Å². The van der Waals surface area contributed by atoms with Crippen molar-refractivity contribution < 1.29 is 24.0 Å². The van der Waals surface area contributed by atoms with E-state index < -0.39 is 8.60 Å². The van der Waals surface area contributed by atoms with Gasteiger partial charge in [0.2, 0.25) is 0 Å². The van der Waals surface area contributed by atoms with Crippen molar-refractivity contribution in [3.05, 3.63) is 0 Å². The van der Waals surface area contributed by atoms with Crippen LogP contribution in [0.5, 0.6) is 0 Å². The molecule has 0 rings (SSSR count). The van der Waals surface area contributed by atoms with Crippen LogP contribution in [-0.4, -0.2) is 23.9 Å². The third kappa shape index (κ3) is 22.8. The van der Waals surface area contributed by atoms with Crippen molar-refractivity contribution in [3.8, 4) is 0 Å². The standard InChI is InChI=1S/C4H11O5P.C4H10S4/c1-3-6-8-10(5)9-7-4-2;1-2-3-4-6-8-7-5/h5H,3-4H2,1-2H3;5H,2-4H2,1H3. The van der Waals surface area contributed by atoms with Crippen molar-refractivity contribution in [1.29, 1.82) is 0 Å². The molecule has 0 bridgehead atoms. The van der Waals surface area contributed by atoms with Crippen LogP contribution in [0.2, 0.25) is 0 Å². The monoisotopic (exact) mass is 356 g/mol. The maximum atomic E-state index is 8.68. The molecule has 0 aromatic carbocycles. The van der Waals surface area contributed by atoms with E-state index >= 15 is 0 Å². The molecule has 0 fully saturated rings. The summed E-state index contributed by atoms with van der Waals surface area (Å²) in [6.45, 7) is 6.37. The number of hydrogen-bond acceptors (Lipinski definition) is 9. The first kappa shape index (κ1) is 21.9. The Labute approximate surface area is 127 Å². The van der Waals surface area contributed by atoms with Gasteiger partial charge in [-0.05, 0) is 39.9 Å². The Morgan fingerprint density at radius 2 is 1.67 bits per heavy atom. The van der Waals surface area contributed by atoms with Gasteiger partial charge in [0.15, 0.2) is 0 Å². The Bertz CT molecular complexity index is 135. The number of rotatable bonds is 11. The summed E-state index contributed by atoms with van der Waals surface area (Å²) in [5.41, 5.74) is 0. The first-order valence-electron chi connectivity index (χ1n) is 5.40. The Morgan fingerprint density at radius 1 is 1.11 bits per heavy atom. The SMILES string of the molecule is CCCCSSSS.CCOOP(O)OOCC. The average molecular weight is 356 g/mol. The second kappa shape index (κ2) is 20.9. The fourth-order valence-electron chi connectivity index (χ4n) is 0.467. The van der Waals surface area contributed by atoms with E-state index in [0.717, 1.165) is 0 Å². The van der Waals surface area contributed by atoms with E-state index in [4.69, 9.17) is 4.89 Å². The molecule has 112 valence electrons. The van der Waals surface area contributed by atoms with Gasteiger partial charge < -0.3 is 4.89 Å². The van der Waals surface area contributed by atoms with Gasteiger partial charge in [0.1, 0.15) is 0 Å². The van der Waals surface area contributed by atoms with Crippen molar-refractivity contribution in [3.63, 3.8) is 0 Å². The number of thiol groups is 1. The lowest BCUT2D eigenvalue weighted by molar-refractivity contribution is -0.263. The Balaban J connectivity index is 0. The van der Waals surface area contributed by atoms with Crippen LogP contribution in [0.25, 0.3) is 0 Å². The van der Waals surface area contributed by atoms with Crippen molar-refractivity contribution in [2.24, 2.45) is 0 Å². The molecule has 0 aliphatic carbocycles. The molecule has 0 saturated heterocycles. The van der Waals surface area contributed by atoms with Gasteiger partial charge in [0.05, 0.1) is 13.2 Å². The van der Waals surface area contributed by atoms with Crippen LogP contribution in [0.15, 0.2) is 0 Å². The fraction of sp³-hybridized carbons (Fsp3) is 1.00. The van der Waals surface area contributed by atoms with Crippen LogP contribution in [-0.2, 0) is 19.1 Å². The second-order valence-electron chi connectivity index (χ2n) is 2.52. The summed E-state index contributed by atoms with van der Waals surface area (Å²) < 4.78 is 8.53. The molecule has 10 heteroatoms. The first-order valence-corrected chi connectivity index (χ1v) is 11.2. The molecule has 0 aliphatic heterocycles. The molecule has 0 atom stereocenters. The van der Waals surface area contributed by atoms with Gasteiger partial charge in [-0.2, -0.15) is 9.35 Å². The Hall–Kier alpha value is 1.63. The molecule has 0 heterocycles. The first-order chi connectivity index (χ1) is 8.72. The van der Waals surface area contributed by atoms with Gasteiger partial charge >= 0.3 is 8.60 Å². The maximum absolute atomic E-state index is 8.68. The van der Waals surface area contributed by atoms with E-state index in [-0.39, 0.29) is 0 Å². The van der Waals surface area contributed by atoms with E-state index in [2.05, 4.69) is 37.7 Å². The quantitative estimate of drug-likeness (QED) is 0.137. The van der Waals surface area contributed by atoms with E-state index in [9.17, 15) is 0 Å². The van der Waals surface area contributed by atoms with Crippen molar-refractivity contribution in [2.75, 3.05) is 19.0 Å². The predicted octanol–water partition coefficient (Wildman–Crippen LogP) is 4.80. The molecule has 0 saturated carbocycles. The molecule has 5 nitrogen and oxygen atoms in total. The Kier molecular flexibility index (Phi) is 25.5. The minimum atomic E-state index is -2.04. The molecule has 0 aliphatic rings. The third-order valence-electron chi connectivity index (χ3n) is 1.13. The highest BCUT2D eigenvalue weighted by atomic mass is 33.7. The zero-order chi connectivity index (χ0) is 14.1. The lowest BCUT2D eigenvalue weighted by Crippen LogP contribution is -1.93. The summed E-state index contributed by atoms with van der Waals surface area (Å²) in [5, 5.41) is 0. The molecular formula is C8H21O5PS4. The summed E-state index contributed by atoms with van der Waals surface area (Å²) in [7, 11) is 3.12.